The monoisotopic (exact) mass is 622 g/mol. The molecule has 0 amide bonds. The number of hydrogen-bond donors (Lipinski definition) is 0. The highest BCUT2D eigenvalue weighted by Crippen LogP contribution is 2.49. The summed E-state index contributed by atoms with van der Waals surface area (Å²) in [5, 5.41) is 0. The second-order valence-electron chi connectivity index (χ2n) is 11.1. The molecule has 5 rings (SSSR count). The fraction of sp³-hybridized carbons (Fsp3) is 0.606. The minimum atomic E-state index is -4.35. The van der Waals surface area contributed by atoms with Crippen molar-refractivity contribution >= 4 is 29.1 Å². The molecule has 3 aliphatic heterocycles. The Hall–Kier alpha value is -2.27. The number of anilines is 2. The molecule has 2 aromatic rings. The lowest BCUT2D eigenvalue weighted by atomic mass is 10.1. The maximum atomic E-state index is 13.3. The highest BCUT2D eigenvalue weighted by Gasteiger charge is 2.38. The van der Waals surface area contributed by atoms with Gasteiger partial charge in [0.05, 0.1) is 23.5 Å². The lowest BCUT2D eigenvalue weighted by Gasteiger charge is -2.37. The van der Waals surface area contributed by atoms with Crippen molar-refractivity contribution in [1.82, 2.24) is 4.90 Å². The molecular weight excluding hydrogens is 577 g/mol. The number of piperidine rings is 1. The summed E-state index contributed by atoms with van der Waals surface area (Å²) in [4.78, 5) is 17.5. The lowest BCUT2D eigenvalue weighted by Crippen LogP contribution is -2.42. The molecule has 0 radical (unpaired) electrons. The van der Waals surface area contributed by atoms with Gasteiger partial charge in [0, 0.05) is 55.3 Å². The van der Waals surface area contributed by atoms with Gasteiger partial charge in [0.25, 0.3) is 0 Å². The van der Waals surface area contributed by atoms with Crippen LogP contribution in [0.25, 0.3) is 0 Å². The minimum absolute atomic E-state index is 0.157. The molecule has 43 heavy (non-hydrogen) atoms. The molecule has 3 heterocycles. The molecule has 238 valence electrons. The van der Waals surface area contributed by atoms with Gasteiger partial charge in [-0.2, -0.15) is 13.2 Å². The van der Waals surface area contributed by atoms with Crippen LogP contribution in [0, 0.1) is 0 Å². The molecule has 3 aliphatic rings. The Bertz CT molecular complexity index is 1190. The second kappa shape index (κ2) is 15.6. The first-order valence-corrected chi connectivity index (χ1v) is 16.5. The smallest absolute Gasteiger partial charge is 0.416 e. The van der Waals surface area contributed by atoms with Gasteiger partial charge in [0.2, 0.25) is 5.79 Å². The number of likely N-dealkylation sites (tertiary alicyclic amines) is 1. The number of para-hydroxylation sites is 1. The number of carbonyl (C=O) groups is 1. The molecule has 10 heteroatoms. The fourth-order valence-electron chi connectivity index (χ4n) is 5.94. The normalized spacial score (nSPS) is 21.9. The van der Waals surface area contributed by atoms with E-state index >= 15 is 0 Å². The number of halogens is 3. The van der Waals surface area contributed by atoms with Crippen LogP contribution in [0.3, 0.4) is 0 Å². The number of esters is 1. The Morgan fingerprint density at radius 3 is 2.53 bits per heavy atom. The van der Waals surface area contributed by atoms with Crippen molar-refractivity contribution in [2.45, 2.75) is 107 Å². The average molecular weight is 623 g/mol. The number of ether oxygens (including phenoxy) is 3. The van der Waals surface area contributed by atoms with E-state index in [0.29, 0.717) is 25.3 Å². The number of carbonyl (C=O) groups excluding carboxylic acids is 1. The van der Waals surface area contributed by atoms with E-state index in [1.807, 2.05) is 31.2 Å². The molecule has 2 unspecified atom stereocenters. The van der Waals surface area contributed by atoms with Gasteiger partial charge in [-0.05, 0) is 75.8 Å². The van der Waals surface area contributed by atoms with Crippen LogP contribution in [0.1, 0.15) is 84.1 Å². The number of alkyl halides is 3. The highest BCUT2D eigenvalue weighted by molar-refractivity contribution is 7.99. The summed E-state index contributed by atoms with van der Waals surface area (Å²) in [6, 6.07) is 12.0. The van der Waals surface area contributed by atoms with Crippen molar-refractivity contribution in [3.8, 4) is 0 Å². The Balaban J connectivity index is 0.000000273. The van der Waals surface area contributed by atoms with E-state index in [0.717, 1.165) is 73.7 Å². The summed E-state index contributed by atoms with van der Waals surface area (Å²) in [6.07, 6.45) is 4.16. The van der Waals surface area contributed by atoms with Gasteiger partial charge in [-0.1, -0.05) is 37.7 Å². The largest absolute Gasteiger partial charge is 0.433 e. The van der Waals surface area contributed by atoms with Crippen molar-refractivity contribution in [3.63, 3.8) is 0 Å². The first-order chi connectivity index (χ1) is 20.7. The lowest BCUT2D eigenvalue weighted by molar-refractivity contribution is -0.216. The van der Waals surface area contributed by atoms with Crippen LogP contribution in [0.15, 0.2) is 52.3 Å². The van der Waals surface area contributed by atoms with E-state index in [9.17, 15) is 18.0 Å². The number of hydrogen-bond acceptors (Lipinski definition) is 7. The van der Waals surface area contributed by atoms with Gasteiger partial charge in [0.1, 0.15) is 6.23 Å². The third kappa shape index (κ3) is 8.90. The second-order valence-corrected chi connectivity index (χ2v) is 12.2. The van der Waals surface area contributed by atoms with Gasteiger partial charge in [-0.25, -0.2) is 0 Å². The summed E-state index contributed by atoms with van der Waals surface area (Å²) in [5.41, 5.74) is 1.03. The molecule has 0 saturated carbocycles. The van der Waals surface area contributed by atoms with E-state index in [1.54, 1.807) is 13.0 Å². The summed E-state index contributed by atoms with van der Waals surface area (Å²) in [7, 11) is 0. The molecule has 0 aliphatic carbocycles. The van der Waals surface area contributed by atoms with Crippen LogP contribution in [-0.2, 0) is 25.2 Å². The molecule has 6 nitrogen and oxygen atoms in total. The predicted octanol–water partition coefficient (Wildman–Crippen LogP) is 8.79. The van der Waals surface area contributed by atoms with Crippen molar-refractivity contribution in [1.29, 1.82) is 0 Å². The van der Waals surface area contributed by atoms with E-state index in [1.165, 1.54) is 36.7 Å². The van der Waals surface area contributed by atoms with Crippen molar-refractivity contribution in [2.24, 2.45) is 0 Å². The topological polar surface area (TPSA) is 51.2 Å². The Labute approximate surface area is 258 Å². The maximum absolute atomic E-state index is 13.3. The number of nitrogens with zero attached hydrogens (tertiary/aromatic N) is 2. The fourth-order valence-corrected chi connectivity index (χ4v) is 7.01. The van der Waals surface area contributed by atoms with Gasteiger partial charge in [0.15, 0.2) is 0 Å². The van der Waals surface area contributed by atoms with E-state index in [-0.39, 0.29) is 12.2 Å². The van der Waals surface area contributed by atoms with Crippen molar-refractivity contribution in [2.75, 3.05) is 37.7 Å². The van der Waals surface area contributed by atoms with Crippen LogP contribution >= 0.6 is 11.8 Å². The number of benzene rings is 2. The molecule has 0 bridgehead atoms. The van der Waals surface area contributed by atoms with Gasteiger partial charge in [-0.15, -0.1) is 0 Å². The number of rotatable bonds is 10. The summed E-state index contributed by atoms with van der Waals surface area (Å²) in [5.74, 6) is -0.739. The third-order valence-electron chi connectivity index (χ3n) is 7.98. The van der Waals surface area contributed by atoms with Crippen LogP contribution in [-0.4, -0.2) is 55.7 Å². The predicted molar refractivity (Wildman–Crippen MR) is 164 cm³/mol. The molecule has 0 N–H and O–H groups in total. The molecular formula is C33H45F3N2O4S. The highest BCUT2D eigenvalue weighted by atomic mass is 32.2. The maximum Gasteiger partial charge on any atom is 0.416 e. The molecule has 2 atom stereocenters. The van der Waals surface area contributed by atoms with E-state index in [2.05, 4.69) is 16.7 Å². The Kier molecular flexibility index (Phi) is 12.2. The SMILES string of the molecule is CCCC1(OC(=O)CC)CCCO1.CCOC1CCCCN1CCCN1c2ccccc2Sc2ccc(C(F)(F)F)cc21. The van der Waals surface area contributed by atoms with Gasteiger partial charge in [-0.3, -0.25) is 9.69 Å². The Morgan fingerprint density at radius 1 is 1.05 bits per heavy atom. The number of fused-ring (bicyclic) bond motifs is 2. The molecule has 2 fully saturated rings. The third-order valence-corrected chi connectivity index (χ3v) is 9.11. The quantitative estimate of drug-likeness (QED) is 0.246. The summed E-state index contributed by atoms with van der Waals surface area (Å²) >= 11 is 1.53. The zero-order valence-corrected chi connectivity index (χ0v) is 26.4. The minimum Gasteiger partial charge on any atom is -0.433 e. The first kappa shape index (κ1) is 33.6. The zero-order valence-electron chi connectivity index (χ0n) is 25.6. The molecule has 2 saturated heterocycles. The molecule has 2 aromatic carbocycles. The average Bonchev–Trinajstić information content (AvgIpc) is 3.45. The zero-order chi connectivity index (χ0) is 30.9. The van der Waals surface area contributed by atoms with Gasteiger partial charge >= 0.3 is 12.1 Å². The van der Waals surface area contributed by atoms with Crippen LogP contribution < -0.4 is 4.90 Å². The van der Waals surface area contributed by atoms with E-state index < -0.39 is 17.5 Å². The molecule has 0 aromatic heterocycles. The van der Waals surface area contributed by atoms with Crippen molar-refractivity contribution < 1.29 is 32.2 Å². The van der Waals surface area contributed by atoms with Crippen LogP contribution in [0.4, 0.5) is 24.5 Å². The van der Waals surface area contributed by atoms with E-state index in [4.69, 9.17) is 14.2 Å². The van der Waals surface area contributed by atoms with Crippen molar-refractivity contribution in [3.05, 3.63) is 48.0 Å². The summed E-state index contributed by atoms with van der Waals surface area (Å²) in [6.45, 7) is 9.88. The van der Waals surface area contributed by atoms with Crippen LogP contribution in [0.5, 0.6) is 0 Å². The first-order valence-electron chi connectivity index (χ1n) is 15.7. The summed E-state index contributed by atoms with van der Waals surface area (Å²) < 4.78 is 56.8. The van der Waals surface area contributed by atoms with Crippen LogP contribution in [0.2, 0.25) is 0 Å². The van der Waals surface area contributed by atoms with Gasteiger partial charge < -0.3 is 19.1 Å². The Morgan fingerprint density at radius 2 is 1.84 bits per heavy atom. The standard InChI is InChI=1S/C23H27F3N2OS.C10H18O3/c1-2-29-22-10-5-6-13-27(22)14-7-15-28-18-8-3-4-9-20(18)30-21-12-11-17(16-19(21)28)23(24,25)26;1-3-6-10(7-5-8-12-10)13-9(11)4-2/h3-4,8-9,11-12,16,22H,2,5-7,10,13-15H2,1H3;3-8H2,1-2H3. The molecule has 0 spiro atoms.